The predicted molar refractivity (Wildman–Crippen MR) is 112 cm³/mol. The molecular weight excluding hydrogens is 384 g/mol. The molecule has 1 saturated heterocycles. The number of hydrogen-bond donors (Lipinski definition) is 0. The lowest BCUT2D eigenvalue weighted by Gasteiger charge is -2.61. The molecule has 4 nitrogen and oxygen atoms in total. The first-order valence-corrected chi connectivity index (χ1v) is 11.9. The summed E-state index contributed by atoms with van der Waals surface area (Å²) >= 11 is 1.46. The third kappa shape index (κ3) is 2.62. The van der Waals surface area contributed by atoms with Crippen molar-refractivity contribution in [3.05, 3.63) is 23.8 Å². The molecule has 1 heterocycles. The number of ether oxygens (including phenoxy) is 1. The van der Waals surface area contributed by atoms with Crippen LogP contribution in [0.15, 0.2) is 23.8 Å². The van der Waals surface area contributed by atoms with Gasteiger partial charge in [-0.15, -0.1) is 0 Å². The van der Waals surface area contributed by atoms with Crippen LogP contribution in [0, 0.1) is 28.6 Å². The topological polar surface area (TPSA) is 60.4 Å². The highest BCUT2D eigenvalue weighted by Gasteiger charge is 2.66. The molecule has 0 aromatic heterocycles. The van der Waals surface area contributed by atoms with Crippen LogP contribution < -0.4 is 0 Å². The Labute approximate surface area is 176 Å². The van der Waals surface area contributed by atoms with Crippen LogP contribution in [0.2, 0.25) is 0 Å². The highest BCUT2D eigenvalue weighted by molar-refractivity contribution is 8.14. The largest absolute Gasteiger partial charge is 0.454 e. The number of ketones is 1. The van der Waals surface area contributed by atoms with Crippen LogP contribution in [-0.4, -0.2) is 27.7 Å². The highest BCUT2D eigenvalue weighted by Crippen LogP contribution is 2.68. The zero-order valence-electron chi connectivity index (χ0n) is 17.5. The van der Waals surface area contributed by atoms with Crippen LogP contribution in [0.5, 0.6) is 0 Å². The van der Waals surface area contributed by atoms with E-state index in [9.17, 15) is 14.4 Å². The number of fused-ring (bicyclic) bond motifs is 6. The van der Waals surface area contributed by atoms with E-state index >= 15 is 0 Å². The maximum Gasteiger partial charge on any atom is 0.306 e. The summed E-state index contributed by atoms with van der Waals surface area (Å²) in [7, 11) is 0. The molecule has 0 aromatic rings. The van der Waals surface area contributed by atoms with E-state index in [0.717, 1.165) is 32.1 Å². The smallest absolute Gasteiger partial charge is 0.306 e. The van der Waals surface area contributed by atoms with Crippen LogP contribution in [0.3, 0.4) is 0 Å². The second-order valence-corrected chi connectivity index (χ2v) is 11.7. The molecule has 0 N–H and O–H groups in total. The molecule has 0 radical (unpaired) electrons. The summed E-state index contributed by atoms with van der Waals surface area (Å²) in [5, 5.41) is 0.334. The second-order valence-electron chi connectivity index (χ2n) is 10.3. The van der Waals surface area contributed by atoms with Crippen LogP contribution in [0.1, 0.15) is 65.7 Å². The molecule has 5 aliphatic rings. The average molecular weight is 415 g/mol. The van der Waals surface area contributed by atoms with Crippen molar-refractivity contribution >= 4 is 28.6 Å². The van der Waals surface area contributed by atoms with Gasteiger partial charge in [0.25, 0.3) is 0 Å². The van der Waals surface area contributed by atoms with E-state index in [0.29, 0.717) is 30.6 Å². The zero-order chi connectivity index (χ0) is 20.6. The van der Waals surface area contributed by atoms with Gasteiger partial charge in [0.05, 0.1) is 0 Å². The van der Waals surface area contributed by atoms with Crippen molar-refractivity contribution < 1.29 is 19.1 Å². The molecule has 29 heavy (non-hydrogen) atoms. The highest BCUT2D eigenvalue weighted by atomic mass is 32.2. The van der Waals surface area contributed by atoms with Crippen molar-refractivity contribution in [2.45, 2.75) is 76.6 Å². The number of carbonyl (C=O) groups excluding carboxylic acids is 3. The number of thioether (sulfide) groups is 1. The lowest BCUT2D eigenvalue weighted by atomic mass is 9.46. The average Bonchev–Trinajstić information content (AvgIpc) is 3.17. The fourth-order valence-corrected chi connectivity index (χ4v) is 8.70. The molecule has 5 heteroatoms. The van der Waals surface area contributed by atoms with Crippen LogP contribution >= 0.6 is 11.8 Å². The van der Waals surface area contributed by atoms with Gasteiger partial charge in [-0.2, -0.15) is 0 Å². The Kier molecular flexibility index (Phi) is 4.27. The summed E-state index contributed by atoms with van der Waals surface area (Å²) in [6.07, 6.45) is 12.1. The van der Waals surface area contributed by atoms with E-state index < -0.39 is 5.60 Å². The summed E-state index contributed by atoms with van der Waals surface area (Å²) in [6.45, 7) is 6.31. The van der Waals surface area contributed by atoms with Crippen LogP contribution in [0.4, 0.5) is 0 Å². The number of hydrogen-bond acceptors (Lipinski definition) is 5. The van der Waals surface area contributed by atoms with Crippen molar-refractivity contribution in [2.24, 2.45) is 28.6 Å². The normalized spacial score (nSPS) is 48.0. The fraction of sp³-hybridized carbons (Fsp3) is 0.708. The lowest BCUT2D eigenvalue weighted by molar-refractivity contribution is -0.162. The SMILES string of the molecule is CC(=O)S[C@@H]1CC2=CC(=O)CC[C@]2(C)C2CC[C@@]3(C)C(C=C[C@@]34CCC(=O)O4)C21. The quantitative estimate of drug-likeness (QED) is 0.462. The summed E-state index contributed by atoms with van der Waals surface area (Å²) in [4.78, 5) is 36.4. The molecule has 7 atom stereocenters. The zero-order valence-corrected chi connectivity index (χ0v) is 18.3. The molecular formula is C24H30O4S. The molecule has 4 aliphatic carbocycles. The fourth-order valence-electron chi connectivity index (χ4n) is 7.50. The second kappa shape index (κ2) is 6.32. The van der Waals surface area contributed by atoms with Crippen molar-refractivity contribution in [3.63, 3.8) is 0 Å². The first-order chi connectivity index (χ1) is 13.7. The first kappa shape index (κ1) is 19.6. The van der Waals surface area contributed by atoms with Crippen molar-refractivity contribution in [2.75, 3.05) is 0 Å². The summed E-state index contributed by atoms with van der Waals surface area (Å²) in [6, 6.07) is 0. The van der Waals surface area contributed by atoms with E-state index in [-0.39, 0.29) is 32.9 Å². The molecule has 3 fully saturated rings. The van der Waals surface area contributed by atoms with Crippen molar-refractivity contribution in [3.8, 4) is 0 Å². The van der Waals surface area contributed by atoms with Gasteiger partial charge in [0.15, 0.2) is 10.9 Å². The molecule has 1 spiro atoms. The van der Waals surface area contributed by atoms with Crippen LogP contribution in [0.25, 0.3) is 0 Å². The van der Waals surface area contributed by atoms with Crippen LogP contribution in [-0.2, 0) is 19.1 Å². The van der Waals surface area contributed by atoms with Gasteiger partial charge in [-0.25, -0.2) is 0 Å². The molecule has 0 bridgehead atoms. The van der Waals surface area contributed by atoms with Gasteiger partial charge in [0.1, 0.15) is 5.60 Å². The van der Waals surface area contributed by atoms with Gasteiger partial charge in [0.2, 0.25) is 0 Å². The van der Waals surface area contributed by atoms with E-state index in [4.69, 9.17) is 4.74 Å². The Balaban J connectivity index is 1.57. The Morgan fingerprint density at radius 1 is 1.17 bits per heavy atom. The maximum atomic E-state index is 12.2. The monoisotopic (exact) mass is 414 g/mol. The first-order valence-electron chi connectivity index (χ1n) is 11.0. The number of allylic oxidation sites excluding steroid dienone is 3. The standard InChI is InChI=1S/C24H30O4S/c1-14(25)29-19-13-15-12-16(26)4-8-22(15,2)17-5-9-23(3)18(21(17)19)6-10-24(23)11-7-20(27)28-24/h6,10,12,17-19,21H,4-5,7-9,11,13H2,1-3H3/t17?,18?,19-,21?,22+,23+,24-/m1/s1. The molecule has 3 unspecified atom stereocenters. The number of esters is 1. The van der Waals surface area contributed by atoms with E-state index in [2.05, 4.69) is 26.0 Å². The summed E-state index contributed by atoms with van der Waals surface area (Å²) in [5.74, 6) is 1.29. The van der Waals surface area contributed by atoms with E-state index in [1.807, 2.05) is 6.08 Å². The molecule has 156 valence electrons. The molecule has 2 saturated carbocycles. The predicted octanol–water partition coefficient (Wildman–Crippen LogP) is 4.63. The Bertz CT molecular complexity index is 859. The summed E-state index contributed by atoms with van der Waals surface area (Å²) in [5.41, 5.74) is 0.744. The third-order valence-corrected chi connectivity index (χ3v) is 10.2. The third-order valence-electron chi connectivity index (χ3n) is 9.07. The minimum Gasteiger partial charge on any atom is -0.454 e. The Morgan fingerprint density at radius 2 is 1.97 bits per heavy atom. The Morgan fingerprint density at radius 3 is 2.66 bits per heavy atom. The molecule has 0 aromatic carbocycles. The van der Waals surface area contributed by atoms with Gasteiger partial charge in [-0.05, 0) is 61.0 Å². The van der Waals surface area contributed by atoms with E-state index in [1.54, 1.807) is 6.92 Å². The minimum atomic E-state index is -0.468. The van der Waals surface area contributed by atoms with Gasteiger partial charge in [-0.1, -0.05) is 37.3 Å². The van der Waals surface area contributed by atoms with Gasteiger partial charge in [-0.3, -0.25) is 14.4 Å². The van der Waals surface area contributed by atoms with E-state index in [1.165, 1.54) is 17.3 Å². The van der Waals surface area contributed by atoms with Gasteiger partial charge in [0, 0.05) is 36.9 Å². The minimum absolute atomic E-state index is 0.0453. The number of carbonyl (C=O) groups is 3. The number of rotatable bonds is 1. The Hall–Kier alpha value is -1.36. The molecule has 1 aliphatic heterocycles. The molecule has 0 amide bonds. The van der Waals surface area contributed by atoms with Crippen molar-refractivity contribution in [1.29, 1.82) is 0 Å². The maximum absolute atomic E-state index is 12.2. The lowest BCUT2D eigenvalue weighted by Crippen LogP contribution is -2.58. The molecule has 5 rings (SSSR count). The van der Waals surface area contributed by atoms with Gasteiger partial charge >= 0.3 is 5.97 Å². The van der Waals surface area contributed by atoms with Gasteiger partial charge < -0.3 is 4.74 Å². The van der Waals surface area contributed by atoms with Crippen molar-refractivity contribution in [1.82, 2.24) is 0 Å². The summed E-state index contributed by atoms with van der Waals surface area (Å²) < 4.78 is 5.97.